The van der Waals surface area contributed by atoms with Gasteiger partial charge in [-0.3, -0.25) is 13.6 Å². The van der Waals surface area contributed by atoms with Crippen LogP contribution in [-0.2, 0) is 9.47 Å². The molecule has 1 amide bonds. The Morgan fingerprint density at radius 1 is 0.722 bits per heavy atom. The molecule has 2 aromatic carbocycles. The fourth-order valence-electron chi connectivity index (χ4n) is 5.83. The van der Waals surface area contributed by atoms with Crippen LogP contribution in [-0.4, -0.2) is 98.3 Å². The predicted octanol–water partition coefficient (Wildman–Crippen LogP) is 4.45. The molecule has 0 aliphatic carbocycles. The Morgan fingerprint density at radius 3 is 1.61 bits per heavy atom. The van der Waals surface area contributed by atoms with Crippen LogP contribution < -0.4 is 20.9 Å². The first-order chi connectivity index (χ1) is 25.7. The lowest BCUT2D eigenvalue weighted by atomic mass is 10.1. The van der Waals surface area contributed by atoms with Gasteiger partial charge in [0.25, 0.3) is 5.91 Å². The molecule has 2 saturated heterocycles. The number of carbonyl (C=O) groups is 2. The minimum absolute atomic E-state index is 0. The number of aromatic nitrogens is 6. The number of hydrogen-bond acceptors (Lipinski definition) is 11. The van der Waals surface area contributed by atoms with Gasteiger partial charge in [-0.1, -0.05) is 24.3 Å². The molecule has 2 aliphatic rings. The summed E-state index contributed by atoms with van der Waals surface area (Å²) in [4.78, 5) is 43.6. The number of morpholine rings is 2. The van der Waals surface area contributed by atoms with Gasteiger partial charge in [0.15, 0.2) is 5.69 Å². The van der Waals surface area contributed by atoms with Crippen molar-refractivity contribution in [2.45, 2.75) is 25.9 Å². The van der Waals surface area contributed by atoms with Crippen LogP contribution in [0.15, 0.2) is 97.8 Å². The van der Waals surface area contributed by atoms with Crippen LogP contribution in [0.1, 0.15) is 58.0 Å². The van der Waals surface area contributed by atoms with E-state index in [1.165, 1.54) is 23.1 Å². The summed E-state index contributed by atoms with van der Waals surface area (Å²) in [6.45, 7) is 10.9. The van der Waals surface area contributed by atoms with Crippen LogP contribution in [0.4, 0.5) is 11.4 Å². The molecule has 4 aromatic heterocycles. The monoisotopic (exact) mass is 756 g/mol. The Morgan fingerprint density at radius 2 is 1.17 bits per heavy atom. The van der Waals surface area contributed by atoms with Crippen molar-refractivity contribution >= 4 is 47.2 Å². The molecular weight excluding hydrogens is 712 g/mol. The highest BCUT2D eigenvalue weighted by molar-refractivity contribution is 5.93. The number of nitrogens with two attached hydrogens (primary N) is 1. The molecule has 6 heterocycles. The van der Waals surface area contributed by atoms with Crippen molar-refractivity contribution in [3.05, 3.63) is 120 Å². The number of carboxylic acids is 1. The molecule has 0 saturated carbocycles. The number of fused-ring (bicyclic) bond motifs is 2. The number of aromatic carboxylic acids is 1. The molecule has 8 rings (SSSR count). The molecular formula is C38H45ClN10O5. The maximum absolute atomic E-state index is 12.5. The molecule has 16 heteroatoms. The number of rotatable bonds is 7. The smallest absolute Gasteiger partial charge is 0.356 e. The van der Waals surface area contributed by atoms with Crippen molar-refractivity contribution in [1.82, 2.24) is 34.1 Å². The number of benzene rings is 2. The van der Waals surface area contributed by atoms with E-state index >= 15 is 0 Å². The molecule has 15 nitrogen and oxygen atoms in total. The number of hydrogen-bond donors (Lipinski definition) is 3. The highest BCUT2D eigenvalue weighted by Gasteiger charge is 2.17. The molecule has 6 aromatic rings. The Balaban J connectivity index is 0.000000170. The van der Waals surface area contributed by atoms with Gasteiger partial charge in [0.2, 0.25) is 11.6 Å². The maximum Gasteiger partial charge on any atom is 0.356 e. The number of ether oxygens (including phenoxy) is 2. The van der Waals surface area contributed by atoms with E-state index < -0.39 is 5.97 Å². The van der Waals surface area contributed by atoms with E-state index in [1.807, 2.05) is 20.0 Å². The van der Waals surface area contributed by atoms with Crippen molar-refractivity contribution in [3.63, 3.8) is 0 Å². The summed E-state index contributed by atoms with van der Waals surface area (Å²) in [6, 6.07) is 20.3. The van der Waals surface area contributed by atoms with Gasteiger partial charge in [-0.15, -0.1) is 12.4 Å². The van der Waals surface area contributed by atoms with E-state index in [-0.39, 0.29) is 36.1 Å². The first-order valence-electron chi connectivity index (χ1n) is 17.5. The molecule has 0 spiro atoms. The third-order valence-corrected chi connectivity index (χ3v) is 8.83. The van der Waals surface area contributed by atoms with Crippen LogP contribution in [0.5, 0.6) is 0 Å². The topological polar surface area (TPSA) is 178 Å². The van der Waals surface area contributed by atoms with Crippen LogP contribution >= 0.6 is 12.4 Å². The summed E-state index contributed by atoms with van der Waals surface area (Å²) < 4.78 is 14.0. The summed E-state index contributed by atoms with van der Waals surface area (Å²) in [6.07, 6.45) is 9.84. The van der Waals surface area contributed by atoms with Crippen molar-refractivity contribution in [1.29, 1.82) is 0 Å². The van der Waals surface area contributed by atoms with Crippen LogP contribution in [0, 0.1) is 0 Å². The van der Waals surface area contributed by atoms with Crippen LogP contribution in [0.3, 0.4) is 0 Å². The Labute approximate surface area is 319 Å². The van der Waals surface area contributed by atoms with E-state index in [4.69, 9.17) is 20.3 Å². The molecule has 2 fully saturated rings. The van der Waals surface area contributed by atoms with Crippen LogP contribution in [0.2, 0.25) is 0 Å². The number of halogens is 1. The minimum atomic E-state index is -1.04. The minimum Gasteiger partial charge on any atom is -0.476 e. The Hall–Kier alpha value is -5.61. The number of nitrogens with zero attached hydrogens (tertiary/aromatic N) is 8. The van der Waals surface area contributed by atoms with Gasteiger partial charge in [-0.05, 0) is 61.4 Å². The number of anilines is 2. The van der Waals surface area contributed by atoms with E-state index in [1.54, 1.807) is 45.7 Å². The number of carbonyl (C=O) groups excluding carboxylic acids is 1. The fraction of sp³-hybridized carbons (Fsp3) is 0.316. The van der Waals surface area contributed by atoms with Crippen molar-refractivity contribution in [2.75, 3.05) is 62.4 Å². The van der Waals surface area contributed by atoms with Gasteiger partial charge in [0.1, 0.15) is 5.69 Å². The molecule has 0 unspecified atom stereocenters. The van der Waals surface area contributed by atoms with Gasteiger partial charge in [0.05, 0.1) is 32.5 Å². The molecule has 2 aliphatic heterocycles. The summed E-state index contributed by atoms with van der Waals surface area (Å²) in [7, 11) is 0. The lowest BCUT2D eigenvalue weighted by Crippen LogP contribution is -2.36. The first kappa shape index (κ1) is 39.6. The van der Waals surface area contributed by atoms with E-state index in [2.05, 4.69) is 83.6 Å². The quantitative estimate of drug-likeness (QED) is 0.209. The van der Waals surface area contributed by atoms with Crippen LogP contribution in [0.25, 0.3) is 11.6 Å². The number of nitrogens with one attached hydrogen (secondary N) is 1. The second kappa shape index (κ2) is 18.9. The molecule has 0 bridgehead atoms. The fourth-order valence-corrected chi connectivity index (χ4v) is 5.83. The highest BCUT2D eigenvalue weighted by atomic mass is 35.5. The second-order valence-electron chi connectivity index (χ2n) is 12.6. The molecule has 2 atom stereocenters. The largest absolute Gasteiger partial charge is 0.476 e. The molecule has 284 valence electrons. The zero-order valence-electron chi connectivity index (χ0n) is 30.2. The Bertz CT molecular complexity index is 2030. The lowest BCUT2D eigenvalue weighted by Gasteiger charge is -2.29. The van der Waals surface area contributed by atoms with Gasteiger partial charge in [-0.2, -0.15) is 0 Å². The molecule has 4 N–H and O–H groups in total. The van der Waals surface area contributed by atoms with Gasteiger partial charge in [0, 0.05) is 80.8 Å². The molecule has 54 heavy (non-hydrogen) atoms. The Kier molecular flexibility index (Phi) is 13.9. The zero-order chi connectivity index (χ0) is 37.2. The number of amides is 1. The van der Waals surface area contributed by atoms with Crippen molar-refractivity contribution in [3.8, 4) is 0 Å². The van der Waals surface area contributed by atoms with Crippen molar-refractivity contribution in [2.24, 2.45) is 5.73 Å². The third kappa shape index (κ3) is 10.3. The average molecular weight is 757 g/mol. The van der Waals surface area contributed by atoms with Gasteiger partial charge >= 0.3 is 5.97 Å². The first-order valence-corrected chi connectivity index (χ1v) is 17.5. The third-order valence-electron chi connectivity index (χ3n) is 8.83. The molecule has 0 radical (unpaired) electrons. The standard InChI is InChI=1S/C19H21N5O2.C12H18N2O.C7H5N3O2.ClH/c1-14(15-3-5-16(6-4-15)23-9-11-26-12-10-23)21-18(25)17-13-24-8-2-7-20-19(24)22-17;1-10(13)11-2-4-12(5-3-11)14-6-8-15-9-7-14;11-6(12)5-4-10-3-1-2-8-7(10)9-5;/h2-8,13-14H,9-12H2,1H3,(H,21,25);2-5,10H,6-9,13H2,1H3;1-4H,(H,11,12);1H/t14-;10-;;/m11../s1. The highest BCUT2D eigenvalue weighted by Crippen LogP contribution is 2.21. The predicted molar refractivity (Wildman–Crippen MR) is 208 cm³/mol. The van der Waals surface area contributed by atoms with E-state index in [0.717, 1.165) is 58.2 Å². The SMILES string of the molecule is C[C@@H](N)c1ccc(N2CCOCC2)cc1.C[C@@H](NC(=O)c1cn2cccnc2n1)c1ccc(N2CCOCC2)cc1.Cl.O=C(O)c1cn2cccnc2n1. The van der Waals surface area contributed by atoms with Gasteiger partial charge < -0.3 is 35.4 Å². The number of carboxylic acid groups (broad SMARTS) is 1. The van der Waals surface area contributed by atoms with E-state index in [9.17, 15) is 9.59 Å². The normalized spacial score (nSPS) is 15.2. The van der Waals surface area contributed by atoms with E-state index in [0.29, 0.717) is 17.2 Å². The summed E-state index contributed by atoms with van der Waals surface area (Å²) >= 11 is 0. The van der Waals surface area contributed by atoms with Crippen molar-refractivity contribution < 1.29 is 24.2 Å². The number of imidazole rings is 2. The summed E-state index contributed by atoms with van der Waals surface area (Å²) in [5, 5.41) is 11.6. The summed E-state index contributed by atoms with van der Waals surface area (Å²) in [5.41, 5.74) is 10.9. The van der Waals surface area contributed by atoms with Gasteiger partial charge in [-0.25, -0.2) is 24.7 Å². The second-order valence-corrected chi connectivity index (χ2v) is 12.6. The zero-order valence-corrected chi connectivity index (χ0v) is 31.0. The average Bonchev–Trinajstić information content (AvgIpc) is 3.85. The summed E-state index contributed by atoms with van der Waals surface area (Å²) in [5.74, 6) is -0.337. The lowest BCUT2D eigenvalue weighted by molar-refractivity contribution is 0.0690. The maximum atomic E-state index is 12.5.